The van der Waals surface area contributed by atoms with Gasteiger partial charge in [-0.25, -0.2) is 4.79 Å². The molecule has 1 aromatic rings. The molecular formula is C21H27N5O5. The van der Waals surface area contributed by atoms with Crippen molar-refractivity contribution >= 4 is 35.3 Å². The molecule has 2 aliphatic rings. The lowest BCUT2D eigenvalue weighted by Gasteiger charge is -2.31. The van der Waals surface area contributed by atoms with Crippen molar-refractivity contribution < 1.29 is 19.3 Å². The van der Waals surface area contributed by atoms with Crippen LogP contribution in [0.1, 0.15) is 38.2 Å². The van der Waals surface area contributed by atoms with Gasteiger partial charge >= 0.3 is 6.03 Å². The highest BCUT2D eigenvalue weighted by Gasteiger charge is 2.35. The van der Waals surface area contributed by atoms with E-state index in [-0.39, 0.29) is 17.8 Å². The molecule has 31 heavy (non-hydrogen) atoms. The number of hydrogen-bond donors (Lipinski definition) is 2. The molecule has 0 saturated carbocycles. The molecule has 2 heterocycles. The fourth-order valence-electron chi connectivity index (χ4n) is 3.71. The second-order valence-corrected chi connectivity index (χ2v) is 7.57. The Balaban J connectivity index is 1.94. The van der Waals surface area contributed by atoms with Crippen molar-refractivity contribution in [3.05, 3.63) is 39.4 Å². The fraction of sp³-hybridized carbons (Fsp3) is 0.476. The molecule has 4 amide bonds. The first-order valence-electron chi connectivity index (χ1n) is 10.6. The van der Waals surface area contributed by atoms with E-state index in [1.807, 2.05) is 4.90 Å². The Labute approximate surface area is 180 Å². The SMILES string of the molecule is CCCCCCN1C(=O)NC(=O)/C(=C/c2cc([N+](=O)[O-])ccc2N2CCNCC2)C1=O. The van der Waals surface area contributed by atoms with Crippen molar-refractivity contribution in [2.24, 2.45) is 0 Å². The molecule has 0 spiro atoms. The van der Waals surface area contributed by atoms with Gasteiger partial charge in [-0.05, 0) is 18.6 Å². The summed E-state index contributed by atoms with van der Waals surface area (Å²) in [5.41, 5.74) is 0.760. The minimum absolute atomic E-state index is 0.137. The van der Waals surface area contributed by atoms with Crippen LogP contribution in [0.2, 0.25) is 0 Å². The number of benzene rings is 1. The second kappa shape index (κ2) is 10.2. The standard InChI is InChI=1S/C21H27N5O5/c1-2-3-4-5-10-25-20(28)17(19(27)23-21(25)29)14-15-13-16(26(30)31)6-7-18(15)24-11-8-22-9-12-24/h6-7,13-14,22H,2-5,8-12H2,1H3,(H,23,27,29)/b17-14-. The molecule has 2 fully saturated rings. The first kappa shape index (κ1) is 22.4. The van der Waals surface area contributed by atoms with Crippen molar-refractivity contribution in [1.29, 1.82) is 0 Å². The predicted octanol–water partition coefficient (Wildman–Crippen LogP) is 2.05. The number of imide groups is 2. The maximum Gasteiger partial charge on any atom is 0.331 e. The van der Waals surface area contributed by atoms with Crippen molar-refractivity contribution in [3.8, 4) is 0 Å². The van der Waals surface area contributed by atoms with Gasteiger partial charge < -0.3 is 10.2 Å². The van der Waals surface area contributed by atoms with E-state index in [0.717, 1.165) is 37.3 Å². The summed E-state index contributed by atoms with van der Waals surface area (Å²) in [7, 11) is 0. The summed E-state index contributed by atoms with van der Waals surface area (Å²) in [6.07, 6.45) is 4.89. The Morgan fingerprint density at radius 1 is 1.13 bits per heavy atom. The van der Waals surface area contributed by atoms with Gasteiger partial charge in [0.15, 0.2) is 0 Å². The Morgan fingerprint density at radius 2 is 1.87 bits per heavy atom. The molecule has 0 radical (unpaired) electrons. The molecule has 0 bridgehead atoms. The number of nitrogens with zero attached hydrogens (tertiary/aromatic N) is 3. The molecule has 2 aliphatic heterocycles. The summed E-state index contributed by atoms with van der Waals surface area (Å²) in [5, 5.41) is 16.7. The Hall–Kier alpha value is -3.27. The van der Waals surface area contributed by atoms with Crippen LogP contribution in [-0.2, 0) is 9.59 Å². The number of urea groups is 1. The van der Waals surface area contributed by atoms with E-state index < -0.39 is 22.8 Å². The predicted molar refractivity (Wildman–Crippen MR) is 116 cm³/mol. The Bertz CT molecular complexity index is 907. The lowest BCUT2D eigenvalue weighted by Crippen LogP contribution is -2.54. The largest absolute Gasteiger partial charge is 0.368 e. The quantitative estimate of drug-likeness (QED) is 0.213. The van der Waals surface area contributed by atoms with E-state index in [4.69, 9.17) is 0 Å². The van der Waals surface area contributed by atoms with Gasteiger partial charge in [0.1, 0.15) is 5.57 Å². The number of nitro benzene ring substituents is 1. The van der Waals surface area contributed by atoms with Crippen LogP contribution < -0.4 is 15.5 Å². The number of unbranched alkanes of at least 4 members (excludes halogenated alkanes) is 3. The summed E-state index contributed by atoms with van der Waals surface area (Å²) >= 11 is 0. The zero-order chi connectivity index (χ0) is 22.4. The number of anilines is 1. The summed E-state index contributed by atoms with van der Waals surface area (Å²) in [5.74, 6) is -1.47. The summed E-state index contributed by atoms with van der Waals surface area (Å²) in [6.45, 7) is 5.17. The number of amides is 4. The zero-order valence-corrected chi connectivity index (χ0v) is 17.6. The lowest BCUT2D eigenvalue weighted by molar-refractivity contribution is -0.384. The second-order valence-electron chi connectivity index (χ2n) is 7.57. The summed E-state index contributed by atoms with van der Waals surface area (Å²) in [6, 6.07) is 3.66. The molecule has 0 aliphatic carbocycles. The van der Waals surface area contributed by atoms with Crippen molar-refractivity contribution in [1.82, 2.24) is 15.5 Å². The van der Waals surface area contributed by atoms with E-state index in [1.54, 1.807) is 6.07 Å². The highest BCUT2D eigenvalue weighted by Crippen LogP contribution is 2.29. The molecule has 166 valence electrons. The van der Waals surface area contributed by atoms with Gasteiger partial charge in [0.05, 0.1) is 4.92 Å². The van der Waals surface area contributed by atoms with Crippen molar-refractivity contribution in [3.63, 3.8) is 0 Å². The molecule has 2 N–H and O–H groups in total. The Kier molecular flexibility index (Phi) is 7.35. The van der Waals surface area contributed by atoms with E-state index in [1.165, 1.54) is 18.2 Å². The monoisotopic (exact) mass is 429 g/mol. The number of nitro groups is 1. The summed E-state index contributed by atoms with van der Waals surface area (Å²) in [4.78, 5) is 51.4. The van der Waals surface area contributed by atoms with Crippen LogP contribution in [-0.4, -0.2) is 60.4 Å². The van der Waals surface area contributed by atoms with Crippen molar-refractivity contribution in [2.75, 3.05) is 37.6 Å². The van der Waals surface area contributed by atoms with Crippen LogP contribution in [0.15, 0.2) is 23.8 Å². The minimum atomic E-state index is -0.794. The third-order valence-corrected chi connectivity index (χ3v) is 5.40. The van der Waals surface area contributed by atoms with E-state index >= 15 is 0 Å². The number of carbonyl (C=O) groups is 3. The van der Waals surface area contributed by atoms with Gasteiger partial charge in [-0.1, -0.05) is 26.2 Å². The number of rotatable bonds is 8. The molecule has 1 aromatic carbocycles. The molecule has 0 aromatic heterocycles. The maximum absolute atomic E-state index is 12.9. The van der Waals surface area contributed by atoms with Crippen LogP contribution in [0, 0.1) is 10.1 Å². The zero-order valence-electron chi connectivity index (χ0n) is 17.6. The lowest BCUT2D eigenvalue weighted by atomic mass is 10.0. The number of piperazine rings is 1. The first-order chi connectivity index (χ1) is 14.9. The highest BCUT2D eigenvalue weighted by atomic mass is 16.6. The summed E-state index contributed by atoms with van der Waals surface area (Å²) < 4.78 is 0. The van der Waals surface area contributed by atoms with Crippen LogP contribution in [0.25, 0.3) is 6.08 Å². The first-order valence-corrected chi connectivity index (χ1v) is 10.6. The van der Waals surface area contributed by atoms with Crippen LogP contribution in [0.4, 0.5) is 16.2 Å². The van der Waals surface area contributed by atoms with Crippen molar-refractivity contribution in [2.45, 2.75) is 32.6 Å². The van der Waals surface area contributed by atoms with Crippen LogP contribution in [0.3, 0.4) is 0 Å². The normalized spacial score (nSPS) is 18.5. The number of hydrogen-bond acceptors (Lipinski definition) is 7. The molecule has 0 atom stereocenters. The van der Waals surface area contributed by atoms with E-state index in [0.29, 0.717) is 30.8 Å². The van der Waals surface area contributed by atoms with Gasteiger partial charge in [-0.2, -0.15) is 0 Å². The van der Waals surface area contributed by atoms with Crippen LogP contribution in [0.5, 0.6) is 0 Å². The molecule has 10 heteroatoms. The average Bonchev–Trinajstić information content (AvgIpc) is 2.76. The molecule has 2 saturated heterocycles. The molecule has 3 rings (SSSR count). The number of barbiturate groups is 1. The van der Waals surface area contributed by atoms with Gasteiger partial charge in [0.25, 0.3) is 17.5 Å². The third kappa shape index (κ3) is 5.26. The smallest absolute Gasteiger partial charge is 0.331 e. The average molecular weight is 429 g/mol. The van der Waals surface area contributed by atoms with E-state index in [2.05, 4.69) is 17.6 Å². The molecular weight excluding hydrogens is 402 g/mol. The highest BCUT2D eigenvalue weighted by molar-refractivity contribution is 6.31. The third-order valence-electron chi connectivity index (χ3n) is 5.40. The molecule has 10 nitrogen and oxygen atoms in total. The van der Waals surface area contributed by atoms with E-state index in [9.17, 15) is 24.5 Å². The minimum Gasteiger partial charge on any atom is -0.368 e. The van der Waals surface area contributed by atoms with Gasteiger partial charge in [0, 0.05) is 56.1 Å². The van der Waals surface area contributed by atoms with Gasteiger partial charge in [-0.3, -0.25) is 29.9 Å². The van der Waals surface area contributed by atoms with Crippen LogP contribution >= 0.6 is 0 Å². The maximum atomic E-state index is 12.9. The molecule has 0 unspecified atom stereocenters. The Morgan fingerprint density at radius 3 is 2.55 bits per heavy atom. The number of nitrogens with one attached hydrogen (secondary N) is 2. The number of non-ortho nitro benzene ring substituents is 1. The topological polar surface area (TPSA) is 125 Å². The fourth-order valence-corrected chi connectivity index (χ4v) is 3.71. The number of carbonyl (C=O) groups excluding carboxylic acids is 3. The van der Waals surface area contributed by atoms with Gasteiger partial charge in [-0.15, -0.1) is 0 Å². The van der Waals surface area contributed by atoms with Gasteiger partial charge in [0.2, 0.25) is 0 Å².